The number of benzene rings is 1. The maximum atomic E-state index is 12.8. The van der Waals surface area contributed by atoms with Crippen LogP contribution in [0, 0.1) is 0 Å². The second kappa shape index (κ2) is 6.77. The van der Waals surface area contributed by atoms with Crippen LogP contribution >= 0.6 is 0 Å². The Morgan fingerprint density at radius 1 is 1.33 bits per heavy atom. The average Bonchev–Trinajstić information content (AvgIpc) is 2.98. The van der Waals surface area contributed by atoms with Crippen LogP contribution in [-0.2, 0) is 16.4 Å². The van der Waals surface area contributed by atoms with Crippen molar-refractivity contribution in [1.82, 2.24) is 4.31 Å². The second-order valence-corrected chi connectivity index (χ2v) is 7.38. The van der Waals surface area contributed by atoms with Gasteiger partial charge in [0.1, 0.15) is 0 Å². The molecule has 0 radical (unpaired) electrons. The minimum atomic E-state index is -3.60. The molecule has 0 aliphatic heterocycles. The number of sulfonamides is 1. The van der Waals surface area contributed by atoms with Crippen molar-refractivity contribution in [2.24, 2.45) is 0 Å². The number of aliphatic hydroxyl groups excluding tert-OH is 1. The lowest BCUT2D eigenvalue weighted by Gasteiger charge is -2.27. The van der Waals surface area contributed by atoms with E-state index in [9.17, 15) is 13.5 Å². The van der Waals surface area contributed by atoms with Gasteiger partial charge in [-0.25, -0.2) is 8.42 Å². The smallest absolute Gasteiger partial charge is 0.243 e. The molecule has 1 aromatic rings. The van der Waals surface area contributed by atoms with Crippen LogP contribution in [0.15, 0.2) is 23.1 Å². The summed E-state index contributed by atoms with van der Waals surface area (Å²) < 4.78 is 27.1. The van der Waals surface area contributed by atoms with Crippen molar-refractivity contribution in [3.8, 4) is 0 Å². The molecule has 0 bridgehead atoms. The topological polar surface area (TPSA) is 83.6 Å². The molecule has 1 saturated carbocycles. The van der Waals surface area contributed by atoms with E-state index in [1.165, 1.54) is 10.4 Å². The van der Waals surface area contributed by atoms with E-state index in [1.54, 1.807) is 12.1 Å². The lowest BCUT2D eigenvalue weighted by atomic mass is 10.1. The van der Waals surface area contributed by atoms with Gasteiger partial charge in [0.25, 0.3) is 0 Å². The van der Waals surface area contributed by atoms with Crippen molar-refractivity contribution < 1.29 is 13.5 Å². The van der Waals surface area contributed by atoms with Gasteiger partial charge in [0, 0.05) is 18.3 Å². The zero-order chi connectivity index (χ0) is 15.5. The summed E-state index contributed by atoms with van der Waals surface area (Å²) >= 11 is 0. The normalized spacial score (nSPS) is 16.7. The molecule has 5 nitrogen and oxygen atoms in total. The summed E-state index contributed by atoms with van der Waals surface area (Å²) in [6, 6.07) is 4.92. The van der Waals surface area contributed by atoms with Crippen LogP contribution in [0.1, 0.15) is 38.2 Å². The first-order valence-electron chi connectivity index (χ1n) is 7.51. The van der Waals surface area contributed by atoms with Gasteiger partial charge >= 0.3 is 0 Å². The van der Waals surface area contributed by atoms with Crippen molar-refractivity contribution in [2.75, 3.05) is 18.9 Å². The molecular weight excluding hydrogens is 288 g/mol. The second-order valence-electron chi connectivity index (χ2n) is 5.49. The molecular formula is C15H24N2O3S. The number of hydrogen-bond donors (Lipinski definition) is 2. The molecule has 1 fully saturated rings. The van der Waals surface area contributed by atoms with E-state index in [2.05, 4.69) is 0 Å². The van der Waals surface area contributed by atoms with E-state index < -0.39 is 10.0 Å². The molecule has 3 N–H and O–H groups in total. The average molecular weight is 312 g/mol. The number of rotatable bonds is 6. The van der Waals surface area contributed by atoms with Gasteiger partial charge in [-0.3, -0.25) is 0 Å². The van der Waals surface area contributed by atoms with E-state index in [-0.39, 0.29) is 24.1 Å². The summed E-state index contributed by atoms with van der Waals surface area (Å²) in [5.74, 6) is 0. The van der Waals surface area contributed by atoms with E-state index in [1.807, 2.05) is 6.92 Å². The summed E-state index contributed by atoms with van der Waals surface area (Å²) in [5.41, 5.74) is 7.38. The zero-order valence-electron chi connectivity index (χ0n) is 12.5. The molecule has 1 aliphatic rings. The standard InChI is InChI=1S/C15H24N2O3S/c1-2-12-7-8-14(11-15(12)16)21(19,20)17(9-10-18)13-5-3-4-6-13/h7-8,11,13,18H,2-6,9-10,16H2,1H3. The Morgan fingerprint density at radius 2 is 2.00 bits per heavy atom. The minimum Gasteiger partial charge on any atom is -0.398 e. The summed E-state index contributed by atoms with van der Waals surface area (Å²) in [7, 11) is -3.60. The summed E-state index contributed by atoms with van der Waals surface area (Å²) in [6.45, 7) is 1.96. The Kier molecular flexibility index (Phi) is 5.24. The lowest BCUT2D eigenvalue weighted by Crippen LogP contribution is -2.40. The molecule has 1 aromatic carbocycles. The zero-order valence-corrected chi connectivity index (χ0v) is 13.3. The molecule has 0 heterocycles. The molecule has 2 rings (SSSR count). The first-order valence-corrected chi connectivity index (χ1v) is 8.95. The van der Waals surface area contributed by atoms with Crippen LogP contribution in [0.3, 0.4) is 0 Å². The number of anilines is 1. The summed E-state index contributed by atoms with van der Waals surface area (Å²) in [6.07, 6.45) is 4.58. The minimum absolute atomic E-state index is 0.00535. The monoisotopic (exact) mass is 312 g/mol. The molecule has 0 spiro atoms. The predicted molar refractivity (Wildman–Crippen MR) is 83.5 cm³/mol. The van der Waals surface area contributed by atoms with Gasteiger partial charge in [0.05, 0.1) is 11.5 Å². The van der Waals surface area contributed by atoms with Crippen LogP contribution < -0.4 is 5.73 Å². The van der Waals surface area contributed by atoms with Crippen molar-refractivity contribution >= 4 is 15.7 Å². The Morgan fingerprint density at radius 3 is 2.52 bits per heavy atom. The number of nitrogens with two attached hydrogens (primary N) is 1. The van der Waals surface area contributed by atoms with E-state index >= 15 is 0 Å². The number of aryl methyl sites for hydroxylation is 1. The summed E-state index contributed by atoms with van der Waals surface area (Å²) in [5, 5.41) is 9.21. The maximum Gasteiger partial charge on any atom is 0.243 e. The van der Waals surface area contributed by atoms with Crippen molar-refractivity contribution in [3.05, 3.63) is 23.8 Å². The van der Waals surface area contributed by atoms with Gasteiger partial charge in [0.15, 0.2) is 0 Å². The molecule has 0 aromatic heterocycles. The first-order chi connectivity index (χ1) is 10.0. The third-order valence-corrected chi connectivity index (χ3v) is 6.11. The Hall–Kier alpha value is -1.11. The highest BCUT2D eigenvalue weighted by atomic mass is 32.2. The molecule has 0 atom stereocenters. The van der Waals surface area contributed by atoms with E-state index in [0.717, 1.165) is 37.7 Å². The van der Waals surface area contributed by atoms with Crippen LogP contribution in [0.5, 0.6) is 0 Å². The molecule has 21 heavy (non-hydrogen) atoms. The van der Waals surface area contributed by atoms with Gasteiger partial charge < -0.3 is 10.8 Å². The number of nitrogens with zero attached hydrogens (tertiary/aromatic N) is 1. The third-order valence-electron chi connectivity index (χ3n) is 4.16. The Labute approximate surface area is 126 Å². The van der Waals surface area contributed by atoms with Crippen LogP contribution in [0.4, 0.5) is 5.69 Å². The van der Waals surface area contributed by atoms with Gasteiger partial charge in [-0.05, 0) is 37.0 Å². The highest BCUT2D eigenvalue weighted by molar-refractivity contribution is 7.89. The Bertz CT molecular complexity index is 581. The SMILES string of the molecule is CCc1ccc(S(=O)(=O)N(CCO)C2CCCC2)cc1N. The number of aliphatic hydroxyl groups is 1. The van der Waals surface area contributed by atoms with Crippen molar-refractivity contribution in [3.63, 3.8) is 0 Å². The lowest BCUT2D eigenvalue weighted by molar-refractivity contribution is 0.226. The van der Waals surface area contributed by atoms with Crippen molar-refractivity contribution in [1.29, 1.82) is 0 Å². The molecule has 0 unspecified atom stereocenters. The fraction of sp³-hybridized carbons (Fsp3) is 0.600. The molecule has 0 saturated heterocycles. The Balaban J connectivity index is 2.35. The van der Waals surface area contributed by atoms with Crippen LogP contribution in [0.25, 0.3) is 0 Å². The quantitative estimate of drug-likeness (QED) is 0.784. The van der Waals surface area contributed by atoms with Crippen LogP contribution in [0.2, 0.25) is 0 Å². The summed E-state index contributed by atoms with van der Waals surface area (Å²) in [4.78, 5) is 0.220. The highest BCUT2D eigenvalue weighted by Gasteiger charge is 2.32. The van der Waals surface area contributed by atoms with Gasteiger partial charge in [-0.15, -0.1) is 0 Å². The number of hydrogen-bond acceptors (Lipinski definition) is 4. The fourth-order valence-corrected chi connectivity index (χ4v) is 4.69. The van der Waals surface area contributed by atoms with Gasteiger partial charge in [0.2, 0.25) is 10.0 Å². The fourth-order valence-electron chi connectivity index (χ4n) is 2.98. The maximum absolute atomic E-state index is 12.8. The van der Waals surface area contributed by atoms with E-state index in [4.69, 9.17) is 5.73 Å². The van der Waals surface area contributed by atoms with Crippen LogP contribution in [-0.4, -0.2) is 37.0 Å². The molecule has 1 aliphatic carbocycles. The molecule has 6 heteroatoms. The molecule has 0 amide bonds. The van der Waals surface area contributed by atoms with E-state index in [0.29, 0.717) is 5.69 Å². The van der Waals surface area contributed by atoms with Gasteiger partial charge in [-0.1, -0.05) is 25.8 Å². The first kappa shape index (κ1) is 16.3. The largest absolute Gasteiger partial charge is 0.398 e. The number of nitrogen functional groups attached to an aromatic ring is 1. The van der Waals surface area contributed by atoms with Gasteiger partial charge in [-0.2, -0.15) is 4.31 Å². The highest BCUT2D eigenvalue weighted by Crippen LogP contribution is 2.29. The van der Waals surface area contributed by atoms with Crippen molar-refractivity contribution in [2.45, 2.75) is 50.0 Å². The third kappa shape index (κ3) is 3.39. The predicted octanol–water partition coefficient (Wildman–Crippen LogP) is 1.76. The molecule has 118 valence electrons.